The van der Waals surface area contributed by atoms with Gasteiger partial charge >= 0.3 is 0 Å². The Hall–Kier alpha value is -4.90. The van der Waals surface area contributed by atoms with E-state index in [9.17, 15) is 18.3 Å². The van der Waals surface area contributed by atoms with Crippen molar-refractivity contribution in [2.24, 2.45) is 5.73 Å². The van der Waals surface area contributed by atoms with Crippen molar-refractivity contribution in [2.75, 3.05) is 6.26 Å². The molecule has 37 heavy (non-hydrogen) atoms. The molecular formula is C26H20N4O6S. The lowest BCUT2D eigenvalue weighted by molar-refractivity contribution is 0.0998. The fourth-order valence-corrected chi connectivity index (χ4v) is 4.26. The molecule has 5 aromatic rings. The molecule has 0 aliphatic carbocycles. The highest BCUT2D eigenvalue weighted by Gasteiger charge is 2.18. The molecule has 186 valence electrons. The largest absolute Gasteiger partial charge is 0.506 e. The molecular weight excluding hydrogens is 496 g/mol. The first-order valence-corrected chi connectivity index (χ1v) is 12.8. The average Bonchev–Trinajstić information content (AvgIpc) is 3.27. The van der Waals surface area contributed by atoms with Crippen molar-refractivity contribution < 1.29 is 27.8 Å². The molecule has 4 N–H and O–H groups in total. The molecule has 0 saturated heterocycles. The predicted molar refractivity (Wildman–Crippen MR) is 136 cm³/mol. The van der Waals surface area contributed by atoms with Gasteiger partial charge < -0.3 is 25.3 Å². The van der Waals surface area contributed by atoms with Crippen LogP contribution in [-0.2, 0) is 9.84 Å². The zero-order valence-electron chi connectivity index (χ0n) is 19.4. The molecule has 0 unspecified atom stereocenters. The SMILES string of the molecule is CS(=O)(=O)c1ccc(Oc2cc3[nH]c(-c4ncccc4O)nc3cc2Oc2ccccc2C(N)=O)cc1. The first kappa shape index (κ1) is 23.8. The summed E-state index contributed by atoms with van der Waals surface area (Å²) in [6, 6.07) is 18.7. The Bertz CT molecular complexity index is 1750. The van der Waals surface area contributed by atoms with Gasteiger partial charge in [0.2, 0.25) is 0 Å². The number of aromatic nitrogens is 3. The highest BCUT2D eigenvalue weighted by atomic mass is 32.2. The minimum atomic E-state index is -3.37. The maximum Gasteiger partial charge on any atom is 0.252 e. The number of primary amides is 1. The van der Waals surface area contributed by atoms with Crippen LogP contribution in [0.2, 0.25) is 0 Å². The standard InChI is InChI=1S/C26H20N4O6S/c1-37(33,34)16-10-8-15(9-11-16)35-22-13-18-19(30-26(29-18)24-20(31)6-4-12-28-24)14-23(22)36-21-7-3-2-5-17(21)25(27)32/h2-14,31H,1H3,(H2,27,32)(H,29,30). The third kappa shape index (κ3) is 4.93. The number of carbonyl (C=O) groups excluding carboxylic acids is 1. The van der Waals surface area contributed by atoms with E-state index in [1.807, 2.05) is 0 Å². The number of ether oxygens (including phenoxy) is 2. The lowest BCUT2D eigenvalue weighted by Gasteiger charge is -2.14. The number of pyridine rings is 1. The average molecular weight is 517 g/mol. The molecule has 5 rings (SSSR count). The van der Waals surface area contributed by atoms with Crippen LogP contribution in [0.3, 0.4) is 0 Å². The Kier molecular flexibility index (Phi) is 5.98. The number of hydrogen-bond acceptors (Lipinski definition) is 8. The molecule has 0 spiro atoms. The molecule has 0 atom stereocenters. The molecule has 0 radical (unpaired) electrons. The van der Waals surface area contributed by atoms with Gasteiger partial charge in [0, 0.05) is 24.6 Å². The van der Waals surface area contributed by atoms with Crippen molar-refractivity contribution in [3.05, 3.63) is 84.6 Å². The van der Waals surface area contributed by atoms with Gasteiger partial charge in [-0.25, -0.2) is 18.4 Å². The zero-order chi connectivity index (χ0) is 26.2. The summed E-state index contributed by atoms with van der Waals surface area (Å²) in [4.78, 5) is 23.9. The summed E-state index contributed by atoms with van der Waals surface area (Å²) in [7, 11) is -3.37. The lowest BCUT2D eigenvalue weighted by Crippen LogP contribution is -2.12. The molecule has 2 aromatic heterocycles. The van der Waals surface area contributed by atoms with Gasteiger partial charge in [0.05, 0.1) is 21.5 Å². The Labute approximate surface area is 211 Å². The number of nitrogens with one attached hydrogen (secondary N) is 1. The minimum absolute atomic E-state index is 0.0455. The van der Waals surface area contributed by atoms with Crippen LogP contribution in [0.5, 0.6) is 28.7 Å². The molecule has 11 heteroatoms. The van der Waals surface area contributed by atoms with Crippen LogP contribution in [0.25, 0.3) is 22.6 Å². The van der Waals surface area contributed by atoms with E-state index < -0.39 is 15.7 Å². The van der Waals surface area contributed by atoms with Crippen LogP contribution in [0.1, 0.15) is 10.4 Å². The summed E-state index contributed by atoms with van der Waals surface area (Å²) in [5, 5.41) is 10.2. The van der Waals surface area contributed by atoms with Crippen molar-refractivity contribution in [3.63, 3.8) is 0 Å². The van der Waals surface area contributed by atoms with E-state index in [1.54, 1.807) is 36.4 Å². The summed E-state index contributed by atoms with van der Waals surface area (Å²) in [5.41, 5.74) is 6.97. The second kappa shape index (κ2) is 9.28. The van der Waals surface area contributed by atoms with Gasteiger partial charge in [-0.15, -0.1) is 0 Å². The van der Waals surface area contributed by atoms with E-state index in [1.165, 1.54) is 42.6 Å². The first-order valence-electron chi connectivity index (χ1n) is 10.9. The van der Waals surface area contributed by atoms with E-state index in [2.05, 4.69) is 15.0 Å². The molecule has 0 bridgehead atoms. The minimum Gasteiger partial charge on any atom is -0.506 e. The number of nitrogens with two attached hydrogens (primary N) is 1. The number of carbonyl (C=O) groups is 1. The van der Waals surface area contributed by atoms with Crippen LogP contribution >= 0.6 is 0 Å². The van der Waals surface area contributed by atoms with Gasteiger partial charge in [0.25, 0.3) is 5.91 Å². The second-order valence-electron chi connectivity index (χ2n) is 8.08. The maximum absolute atomic E-state index is 11.9. The van der Waals surface area contributed by atoms with E-state index in [0.29, 0.717) is 22.6 Å². The van der Waals surface area contributed by atoms with E-state index in [4.69, 9.17) is 15.2 Å². The lowest BCUT2D eigenvalue weighted by atomic mass is 10.2. The van der Waals surface area contributed by atoms with E-state index in [0.717, 1.165) is 6.26 Å². The normalized spacial score (nSPS) is 11.4. The summed E-state index contributed by atoms with van der Waals surface area (Å²) in [6.45, 7) is 0. The molecule has 1 amide bonds. The number of benzene rings is 3. The summed E-state index contributed by atoms with van der Waals surface area (Å²) in [5.74, 6) is 0.646. The number of aromatic hydroxyl groups is 1. The topological polar surface area (TPSA) is 157 Å². The van der Waals surface area contributed by atoms with Crippen molar-refractivity contribution in [1.82, 2.24) is 15.0 Å². The predicted octanol–water partition coefficient (Wildman–Crippen LogP) is 4.42. The molecule has 3 aromatic carbocycles. The van der Waals surface area contributed by atoms with E-state index >= 15 is 0 Å². The fourth-order valence-electron chi connectivity index (χ4n) is 3.63. The highest BCUT2D eigenvalue weighted by Crippen LogP contribution is 2.39. The highest BCUT2D eigenvalue weighted by molar-refractivity contribution is 7.90. The number of amides is 1. The van der Waals surface area contributed by atoms with Crippen LogP contribution in [-0.4, -0.2) is 40.6 Å². The van der Waals surface area contributed by atoms with Crippen molar-refractivity contribution in [3.8, 4) is 40.3 Å². The van der Waals surface area contributed by atoms with Gasteiger partial charge in [0.15, 0.2) is 27.2 Å². The molecule has 0 aliphatic rings. The molecule has 0 fully saturated rings. The van der Waals surface area contributed by atoms with Crippen molar-refractivity contribution in [1.29, 1.82) is 0 Å². The fraction of sp³-hybridized carbons (Fsp3) is 0.0385. The van der Waals surface area contributed by atoms with Crippen LogP contribution in [0, 0.1) is 0 Å². The number of H-pyrrole nitrogens is 1. The van der Waals surface area contributed by atoms with E-state index in [-0.39, 0.29) is 39.2 Å². The Morgan fingerprint density at radius 2 is 1.68 bits per heavy atom. The molecule has 10 nitrogen and oxygen atoms in total. The monoisotopic (exact) mass is 516 g/mol. The summed E-state index contributed by atoms with van der Waals surface area (Å²) >= 11 is 0. The van der Waals surface area contributed by atoms with Crippen LogP contribution in [0.4, 0.5) is 0 Å². The summed E-state index contributed by atoms with van der Waals surface area (Å²) in [6.07, 6.45) is 2.65. The van der Waals surface area contributed by atoms with Crippen LogP contribution < -0.4 is 15.2 Å². The summed E-state index contributed by atoms with van der Waals surface area (Å²) < 4.78 is 35.7. The second-order valence-corrected chi connectivity index (χ2v) is 10.1. The zero-order valence-corrected chi connectivity index (χ0v) is 20.2. The van der Waals surface area contributed by atoms with Crippen molar-refractivity contribution >= 4 is 26.8 Å². The molecule has 2 heterocycles. The third-order valence-corrected chi connectivity index (χ3v) is 6.54. The quantitative estimate of drug-likeness (QED) is 0.287. The Balaban J connectivity index is 1.61. The number of hydrogen-bond donors (Lipinski definition) is 3. The first-order chi connectivity index (χ1) is 17.7. The number of imidazole rings is 1. The molecule has 0 aliphatic heterocycles. The van der Waals surface area contributed by atoms with Gasteiger partial charge in [0.1, 0.15) is 22.9 Å². The van der Waals surface area contributed by atoms with Gasteiger partial charge in [-0.05, 0) is 48.5 Å². The number of fused-ring (bicyclic) bond motifs is 1. The number of aromatic amines is 1. The van der Waals surface area contributed by atoms with Gasteiger partial charge in [-0.1, -0.05) is 12.1 Å². The Morgan fingerprint density at radius 3 is 2.38 bits per heavy atom. The third-order valence-electron chi connectivity index (χ3n) is 5.41. The number of sulfone groups is 1. The van der Waals surface area contributed by atoms with Crippen LogP contribution in [0.15, 0.2) is 83.9 Å². The maximum atomic E-state index is 11.9. The molecule has 0 saturated carbocycles. The smallest absolute Gasteiger partial charge is 0.252 e. The van der Waals surface area contributed by atoms with Crippen molar-refractivity contribution in [2.45, 2.75) is 4.90 Å². The Morgan fingerprint density at radius 1 is 0.946 bits per heavy atom. The number of para-hydroxylation sites is 1. The number of nitrogens with zero attached hydrogens (tertiary/aromatic N) is 2. The van der Waals surface area contributed by atoms with Gasteiger partial charge in [-0.2, -0.15) is 0 Å². The van der Waals surface area contributed by atoms with Gasteiger partial charge in [-0.3, -0.25) is 4.79 Å². The number of rotatable bonds is 7.